The Bertz CT molecular complexity index is 453. The molecule has 2 unspecified atom stereocenters. The molecule has 0 saturated heterocycles. The number of carbonyl (C=O) groups excluding carboxylic acids is 1. The molecule has 4 nitrogen and oxygen atoms in total. The molecular formula is C16H26FN3O. The third-order valence-corrected chi connectivity index (χ3v) is 3.61. The SMILES string of the molecule is CCC(C)NC(=O)C(C)N(CCCN)c1ccccc1F. The lowest BCUT2D eigenvalue weighted by atomic mass is 10.1. The molecule has 0 spiro atoms. The zero-order valence-electron chi connectivity index (χ0n) is 13.1. The van der Waals surface area contributed by atoms with Crippen molar-refractivity contribution in [1.29, 1.82) is 0 Å². The van der Waals surface area contributed by atoms with Crippen LogP contribution in [0.15, 0.2) is 24.3 Å². The van der Waals surface area contributed by atoms with Gasteiger partial charge in [0, 0.05) is 12.6 Å². The molecule has 1 aromatic rings. The van der Waals surface area contributed by atoms with Crippen LogP contribution < -0.4 is 16.0 Å². The number of anilines is 1. The first kappa shape index (κ1) is 17.4. The minimum atomic E-state index is -0.442. The molecule has 0 bridgehead atoms. The molecule has 0 heterocycles. The van der Waals surface area contributed by atoms with Gasteiger partial charge >= 0.3 is 0 Å². The number of hydrogen-bond donors (Lipinski definition) is 2. The highest BCUT2D eigenvalue weighted by molar-refractivity contribution is 5.85. The lowest BCUT2D eigenvalue weighted by Crippen LogP contribution is -2.48. The normalized spacial score (nSPS) is 13.6. The van der Waals surface area contributed by atoms with E-state index in [2.05, 4.69) is 5.32 Å². The van der Waals surface area contributed by atoms with E-state index in [-0.39, 0.29) is 17.8 Å². The number of carbonyl (C=O) groups is 1. The van der Waals surface area contributed by atoms with Crippen molar-refractivity contribution in [3.8, 4) is 0 Å². The second kappa shape index (κ2) is 8.62. The van der Waals surface area contributed by atoms with Gasteiger partial charge in [-0.25, -0.2) is 4.39 Å². The summed E-state index contributed by atoms with van der Waals surface area (Å²) < 4.78 is 14.0. The monoisotopic (exact) mass is 295 g/mol. The van der Waals surface area contributed by atoms with Gasteiger partial charge in [-0.3, -0.25) is 4.79 Å². The highest BCUT2D eigenvalue weighted by Gasteiger charge is 2.24. The Balaban J connectivity index is 2.91. The number of halogens is 1. The first-order valence-corrected chi connectivity index (χ1v) is 7.52. The Morgan fingerprint density at radius 1 is 1.38 bits per heavy atom. The van der Waals surface area contributed by atoms with Crippen LogP contribution in [-0.2, 0) is 4.79 Å². The lowest BCUT2D eigenvalue weighted by Gasteiger charge is -2.31. The van der Waals surface area contributed by atoms with Crippen molar-refractivity contribution in [3.63, 3.8) is 0 Å². The fourth-order valence-corrected chi connectivity index (χ4v) is 2.08. The summed E-state index contributed by atoms with van der Waals surface area (Å²) in [5.41, 5.74) is 5.99. The standard InChI is InChI=1S/C16H26FN3O/c1-4-12(2)19-16(21)13(3)20(11-7-10-18)15-9-6-5-8-14(15)17/h5-6,8-9,12-13H,4,7,10-11,18H2,1-3H3,(H,19,21). The topological polar surface area (TPSA) is 58.4 Å². The van der Waals surface area contributed by atoms with E-state index >= 15 is 0 Å². The second-order valence-corrected chi connectivity index (χ2v) is 5.28. The quantitative estimate of drug-likeness (QED) is 0.773. The number of nitrogens with zero attached hydrogens (tertiary/aromatic N) is 1. The molecule has 0 saturated carbocycles. The number of nitrogens with two attached hydrogens (primary N) is 1. The molecule has 0 fully saturated rings. The van der Waals surface area contributed by atoms with Crippen molar-refractivity contribution in [3.05, 3.63) is 30.1 Å². The van der Waals surface area contributed by atoms with Crippen LogP contribution in [0.5, 0.6) is 0 Å². The maximum atomic E-state index is 14.0. The van der Waals surface area contributed by atoms with Gasteiger partial charge in [0.05, 0.1) is 5.69 Å². The summed E-state index contributed by atoms with van der Waals surface area (Å²) in [6, 6.07) is 6.18. The van der Waals surface area contributed by atoms with Gasteiger partial charge in [0.2, 0.25) is 5.91 Å². The van der Waals surface area contributed by atoms with Gasteiger partial charge in [0.1, 0.15) is 11.9 Å². The molecule has 5 heteroatoms. The molecule has 0 aromatic heterocycles. The molecular weight excluding hydrogens is 269 g/mol. The van der Waals surface area contributed by atoms with Crippen LogP contribution in [0.2, 0.25) is 0 Å². The molecule has 0 aliphatic heterocycles. The fraction of sp³-hybridized carbons (Fsp3) is 0.562. The minimum Gasteiger partial charge on any atom is -0.357 e. The Kier molecular flexibility index (Phi) is 7.15. The second-order valence-electron chi connectivity index (χ2n) is 5.28. The van der Waals surface area contributed by atoms with Gasteiger partial charge in [0.25, 0.3) is 0 Å². The van der Waals surface area contributed by atoms with E-state index in [0.29, 0.717) is 25.2 Å². The molecule has 2 atom stereocenters. The van der Waals surface area contributed by atoms with Crippen molar-refractivity contribution in [1.82, 2.24) is 5.32 Å². The highest BCUT2D eigenvalue weighted by Crippen LogP contribution is 2.21. The first-order valence-electron chi connectivity index (χ1n) is 7.52. The Labute approximate surface area is 126 Å². The third-order valence-electron chi connectivity index (χ3n) is 3.61. The third kappa shape index (κ3) is 5.01. The first-order chi connectivity index (χ1) is 10.0. The molecule has 0 aliphatic rings. The van der Waals surface area contributed by atoms with E-state index in [1.807, 2.05) is 13.8 Å². The number of benzene rings is 1. The summed E-state index contributed by atoms with van der Waals surface area (Å²) in [4.78, 5) is 14.1. The maximum absolute atomic E-state index is 14.0. The van der Waals surface area contributed by atoms with E-state index in [4.69, 9.17) is 5.73 Å². The van der Waals surface area contributed by atoms with E-state index in [9.17, 15) is 9.18 Å². The average Bonchev–Trinajstić information content (AvgIpc) is 2.48. The summed E-state index contributed by atoms with van der Waals surface area (Å²) in [7, 11) is 0. The molecule has 21 heavy (non-hydrogen) atoms. The predicted molar refractivity (Wildman–Crippen MR) is 84.8 cm³/mol. The van der Waals surface area contributed by atoms with E-state index in [1.165, 1.54) is 6.07 Å². The number of hydrogen-bond acceptors (Lipinski definition) is 3. The van der Waals surface area contributed by atoms with Crippen molar-refractivity contribution in [2.24, 2.45) is 5.73 Å². The van der Waals surface area contributed by atoms with Crippen LogP contribution in [0.25, 0.3) is 0 Å². The van der Waals surface area contributed by atoms with Gasteiger partial charge in [-0.1, -0.05) is 19.1 Å². The molecule has 1 amide bonds. The van der Waals surface area contributed by atoms with Crippen molar-refractivity contribution in [2.45, 2.75) is 45.7 Å². The highest BCUT2D eigenvalue weighted by atomic mass is 19.1. The van der Waals surface area contributed by atoms with Crippen LogP contribution in [-0.4, -0.2) is 31.1 Å². The van der Waals surface area contributed by atoms with Gasteiger partial charge < -0.3 is 16.0 Å². The Morgan fingerprint density at radius 3 is 2.62 bits per heavy atom. The van der Waals surface area contributed by atoms with Crippen LogP contribution in [0.3, 0.4) is 0 Å². The van der Waals surface area contributed by atoms with Crippen molar-refractivity contribution in [2.75, 3.05) is 18.0 Å². The molecule has 1 rings (SSSR count). The van der Waals surface area contributed by atoms with E-state index in [1.54, 1.807) is 30.0 Å². The van der Waals surface area contributed by atoms with Crippen LogP contribution in [0, 0.1) is 5.82 Å². The van der Waals surface area contributed by atoms with Crippen LogP contribution >= 0.6 is 0 Å². The Morgan fingerprint density at radius 2 is 2.05 bits per heavy atom. The summed E-state index contributed by atoms with van der Waals surface area (Å²) in [6.45, 7) is 6.81. The molecule has 0 radical (unpaired) electrons. The summed E-state index contributed by atoms with van der Waals surface area (Å²) in [6.07, 6.45) is 1.57. The number of nitrogens with one attached hydrogen (secondary N) is 1. The summed E-state index contributed by atoms with van der Waals surface area (Å²) in [5, 5.41) is 2.94. The van der Waals surface area contributed by atoms with Gasteiger partial charge in [-0.2, -0.15) is 0 Å². The smallest absolute Gasteiger partial charge is 0.242 e. The molecule has 0 aliphatic carbocycles. The number of para-hydroxylation sites is 1. The largest absolute Gasteiger partial charge is 0.357 e. The average molecular weight is 295 g/mol. The van der Waals surface area contributed by atoms with Crippen molar-refractivity contribution >= 4 is 11.6 Å². The fourth-order valence-electron chi connectivity index (χ4n) is 2.08. The molecule has 3 N–H and O–H groups in total. The van der Waals surface area contributed by atoms with Crippen LogP contribution in [0.1, 0.15) is 33.6 Å². The van der Waals surface area contributed by atoms with E-state index in [0.717, 1.165) is 6.42 Å². The van der Waals surface area contributed by atoms with E-state index < -0.39 is 6.04 Å². The van der Waals surface area contributed by atoms with Gasteiger partial charge in [-0.05, 0) is 45.4 Å². The maximum Gasteiger partial charge on any atom is 0.242 e. The molecule has 118 valence electrons. The number of amides is 1. The summed E-state index contributed by atoms with van der Waals surface area (Å²) >= 11 is 0. The minimum absolute atomic E-state index is 0.0929. The zero-order chi connectivity index (χ0) is 15.8. The zero-order valence-corrected chi connectivity index (χ0v) is 13.1. The predicted octanol–water partition coefficient (Wildman–Crippen LogP) is 2.28. The van der Waals surface area contributed by atoms with Crippen LogP contribution in [0.4, 0.5) is 10.1 Å². The number of rotatable bonds is 8. The lowest BCUT2D eigenvalue weighted by molar-refractivity contribution is -0.122. The Hall–Kier alpha value is -1.62. The molecule has 1 aromatic carbocycles. The summed E-state index contributed by atoms with van der Waals surface area (Å²) in [5.74, 6) is -0.415. The van der Waals surface area contributed by atoms with Gasteiger partial charge in [-0.15, -0.1) is 0 Å². The van der Waals surface area contributed by atoms with Crippen molar-refractivity contribution < 1.29 is 9.18 Å². The van der Waals surface area contributed by atoms with Gasteiger partial charge in [0.15, 0.2) is 0 Å².